The molecule has 0 aliphatic heterocycles. The number of benzene rings is 1. The molecule has 0 spiro atoms. The van der Waals surface area contributed by atoms with Gasteiger partial charge in [-0.1, -0.05) is 25.1 Å². The first-order chi connectivity index (χ1) is 7.65. The molecule has 1 aromatic rings. The standard InChI is InChI=1S/C14H24N2/c1-5-13-9-6-8-12(2)14(13)15-10-7-11-16(3)4/h6,8-9,15H,5,7,10-11H2,1-4H3. The van der Waals surface area contributed by atoms with Crippen molar-refractivity contribution < 1.29 is 0 Å². The van der Waals surface area contributed by atoms with Gasteiger partial charge in [0.1, 0.15) is 0 Å². The third kappa shape index (κ3) is 3.86. The van der Waals surface area contributed by atoms with Crippen LogP contribution in [0.1, 0.15) is 24.5 Å². The summed E-state index contributed by atoms with van der Waals surface area (Å²) in [5.41, 5.74) is 4.11. The molecule has 0 fully saturated rings. The van der Waals surface area contributed by atoms with Crippen molar-refractivity contribution in [2.45, 2.75) is 26.7 Å². The van der Waals surface area contributed by atoms with Gasteiger partial charge in [-0.2, -0.15) is 0 Å². The molecule has 0 aromatic heterocycles. The molecule has 2 nitrogen and oxygen atoms in total. The largest absolute Gasteiger partial charge is 0.385 e. The van der Waals surface area contributed by atoms with E-state index in [0.717, 1.165) is 19.5 Å². The summed E-state index contributed by atoms with van der Waals surface area (Å²) in [5, 5.41) is 3.56. The number of aryl methyl sites for hydroxylation is 2. The minimum Gasteiger partial charge on any atom is -0.385 e. The summed E-state index contributed by atoms with van der Waals surface area (Å²) in [6.45, 7) is 6.57. The van der Waals surface area contributed by atoms with Crippen LogP contribution in [0.2, 0.25) is 0 Å². The molecular formula is C14H24N2. The molecule has 2 heteroatoms. The van der Waals surface area contributed by atoms with Crippen LogP contribution in [0, 0.1) is 6.92 Å². The first-order valence-electron chi connectivity index (χ1n) is 6.12. The maximum absolute atomic E-state index is 3.56. The summed E-state index contributed by atoms with van der Waals surface area (Å²) in [6, 6.07) is 6.52. The van der Waals surface area contributed by atoms with Gasteiger partial charge in [0.25, 0.3) is 0 Å². The van der Waals surface area contributed by atoms with E-state index in [-0.39, 0.29) is 0 Å². The van der Waals surface area contributed by atoms with Crippen LogP contribution < -0.4 is 5.32 Å². The number of nitrogens with one attached hydrogen (secondary N) is 1. The van der Waals surface area contributed by atoms with Crippen molar-refractivity contribution in [2.24, 2.45) is 0 Å². The van der Waals surface area contributed by atoms with Gasteiger partial charge < -0.3 is 10.2 Å². The Morgan fingerprint density at radius 1 is 1.25 bits per heavy atom. The molecule has 0 atom stereocenters. The van der Waals surface area contributed by atoms with Gasteiger partial charge in [0, 0.05) is 12.2 Å². The number of hydrogen-bond acceptors (Lipinski definition) is 2. The topological polar surface area (TPSA) is 15.3 Å². The van der Waals surface area contributed by atoms with E-state index < -0.39 is 0 Å². The fourth-order valence-electron chi connectivity index (χ4n) is 1.88. The van der Waals surface area contributed by atoms with Crippen molar-refractivity contribution in [1.82, 2.24) is 4.90 Å². The highest BCUT2D eigenvalue weighted by Gasteiger charge is 2.02. The average molecular weight is 220 g/mol. The highest BCUT2D eigenvalue weighted by Crippen LogP contribution is 2.20. The normalized spacial score (nSPS) is 10.8. The summed E-state index contributed by atoms with van der Waals surface area (Å²) in [5.74, 6) is 0. The van der Waals surface area contributed by atoms with Crippen molar-refractivity contribution in [2.75, 3.05) is 32.5 Å². The molecule has 0 heterocycles. The van der Waals surface area contributed by atoms with E-state index in [2.05, 4.69) is 56.4 Å². The second-order valence-corrected chi connectivity index (χ2v) is 4.55. The van der Waals surface area contributed by atoms with Gasteiger partial charge in [-0.3, -0.25) is 0 Å². The lowest BCUT2D eigenvalue weighted by Crippen LogP contribution is -2.17. The molecule has 0 saturated heterocycles. The van der Waals surface area contributed by atoms with E-state index in [1.807, 2.05) is 0 Å². The average Bonchev–Trinajstić information content (AvgIpc) is 2.25. The molecule has 16 heavy (non-hydrogen) atoms. The van der Waals surface area contributed by atoms with Crippen LogP contribution >= 0.6 is 0 Å². The highest BCUT2D eigenvalue weighted by atomic mass is 15.1. The Balaban J connectivity index is 2.52. The molecule has 1 N–H and O–H groups in total. The highest BCUT2D eigenvalue weighted by molar-refractivity contribution is 5.57. The van der Waals surface area contributed by atoms with Crippen LogP contribution in [-0.2, 0) is 6.42 Å². The lowest BCUT2D eigenvalue weighted by Gasteiger charge is -2.15. The first-order valence-corrected chi connectivity index (χ1v) is 6.12. The van der Waals surface area contributed by atoms with Gasteiger partial charge in [0.05, 0.1) is 0 Å². The van der Waals surface area contributed by atoms with E-state index in [1.165, 1.54) is 23.2 Å². The Labute approximate surface area is 99.7 Å². The van der Waals surface area contributed by atoms with E-state index in [4.69, 9.17) is 0 Å². The van der Waals surface area contributed by atoms with Gasteiger partial charge in [0.2, 0.25) is 0 Å². The van der Waals surface area contributed by atoms with E-state index in [9.17, 15) is 0 Å². The maximum Gasteiger partial charge on any atom is 0.0402 e. The summed E-state index contributed by atoms with van der Waals surface area (Å²) >= 11 is 0. The monoisotopic (exact) mass is 220 g/mol. The summed E-state index contributed by atoms with van der Waals surface area (Å²) < 4.78 is 0. The molecule has 1 aromatic carbocycles. The van der Waals surface area contributed by atoms with Gasteiger partial charge in [-0.05, 0) is 51.5 Å². The molecule has 0 aliphatic rings. The number of anilines is 1. The van der Waals surface area contributed by atoms with Gasteiger partial charge in [-0.15, -0.1) is 0 Å². The van der Waals surface area contributed by atoms with E-state index in [0.29, 0.717) is 0 Å². The molecule has 0 aliphatic carbocycles. The van der Waals surface area contributed by atoms with Gasteiger partial charge >= 0.3 is 0 Å². The molecule has 1 rings (SSSR count). The van der Waals surface area contributed by atoms with E-state index >= 15 is 0 Å². The fraction of sp³-hybridized carbons (Fsp3) is 0.571. The zero-order chi connectivity index (χ0) is 12.0. The summed E-state index contributed by atoms with van der Waals surface area (Å²) in [6.07, 6.45) is 2.28. The Morgan fingerprint density at radius 2 is 2.00 bits per heavy atom. The van der Waals surface area contributed by atoms with Crippen LogP contribution in [-0.4, -0.2) is 32.1 Å². The predicted octanol–water partition coefficient (Wildman–Crippen LogP) is 2.92. The Hall–Kier alpha value is -1.02. The maximum atomic E-state index is 3.56. The van der Waals surface area contributed by atoms with Crippen LogP contribution in [0.15, 0.2) is 18.2 Å². The summed E-state index contributed by atoms with van der Waals surface area (Å²) in [7, 11) is 4.23. The zero-order valence-corrected chi connectivity index (χ0v) is 11.0. The molecule has 0 saturated carbocycles. The lowest BCUT2D eigenvalue weighted by atomic mass is 10.1. The third-order valence-corrected chi connectivity index (χ3v) is 2.82. The van der Waals surface area contributed by atoms with Crippen molar-refractivity contribution >= 4 is 5.69 Å². The number of rotatable bonds is 6. The van der Waals surface area contributed by atoms with Crippen molar-refractivity contribution in [1.29, 1.82) is 0 Å². The molecule has 0 amide bonds. The minimum atomic E-state index is 1.05. The van der Waals surface area contributed by atoms with Gasteiger partial charge in [0.15, 0.2) is 0 Å². The Bertz CT molecular complexity index is 319. The number of hydrogen-bond donors (Lipinski definition) is 1. The fourth-order valence-corrected chi connectivity index (χ4v) is 1.88. The third-order valence-electron chi connectivity index (χ3n) is 2.82. The smallest absolute Gasteiger partial charge is 0.0402 e. The Kier molecular flexibility index (Phi) is 5.33. The minimum absolute atomic E-state index is 1.05. The Morgan fingerprint density at radius 3 is 2.62 bits per heavy atom. The number of para-hydroxylation sites is 1. The lowest BCUT2D eigenvalue weighted by molar-refractivity contribution is 0.405. The molecule has 90 valence electrons. The van der Waals surface area contributed by atoms with Crippen LogP contribution in [0.5, 0.6) is 0 Å². The second-order valence-electron chi connectivity index (χ2n) is 4.55. The van der Waals surface area contributed by atoms with Crippen LogP contribution in [0.3, 0.4) is 0 Å². The summed E-state index contributed by atoms with van der Waals surface area (Å²) in [4.78, 5) is 2.22. The quantitative estimate of drug-likeness (QED) is 0.742. The SMILES string of the molecule is CCc1cccc(C)c1NCCCN(C)C. The van der Waals surface area contributed by atoms with Crippen LogP contribution in [0.25, 0.3) is 0 Å². The number of nitrogens with zero attached hydrogens (tertiary/aromatic N) is 1. The molecular weight excluding hydrogens is 196 g/mol. The second kappa shape index (κ2) is 6.54. The molecule has 0 unspecified atom stereocenters. The van der Waals surface area contributed by atoms with Crippen molar-refractivity contribution in [3.8, 4) is 0 Å². The first kappa shape index (κ1) is 13.0. The zero-order valence-electron chi connectivity index (χ0n) is 11.0. The van der Waals surface area contributed by atoms with Crippen molar-refractivity contribution in [3.05, 3.63) is 29.3 Å². The molecule has 0 radical (unpaired) electrons. The van der Waals surface area contributed by atoms with Crippen LogP contribution in [0.4, 0.5) is 5.69 Å². The molecule has 0 bridgehead atoms. The predicted molar refractivity (Wildman–Crippen MR) is 72.2 cm³/mol. The van der Waals surface area contributed by atoms with Crippen molar-refractivity contribution in [3.63, 3.8) is 0 Å². The van der Waals surface area contributed by atoms with E-state index in [1.54, 1.807) is 0 Å². The van der Waals surface area contributed by atoms with Gasteiger partial charge in [-0.25, -0.2) is 0 Å².